The van der Waals surface area contributed by atoms with Gasteiger partial charge in [-0.3, -0.25) is 0 Å². The van der Waals surface area contributed by atoms with Gasteiger partial charge in [-0.25, -0.2) is 4.79 Å². The van der Waals surface area contributed by atoms with Gasteiger partial charge >= 0.3 is 6.03 Å². The van der Waals surface area contributed by atoms with Crippen LogP contribution in [0.15, 0.2) is 0 Å². The van der Waals surface area contributed by atoms with Crippen molar-refractivity contribution < 1.29 is 9.90 Å². The summed E-state index contributed by atoms with van der Waals surface area (Å²) < 4.78 is 0. The molecule has 1 aliphatic carbocycles. The number of nitrogens with one attached hydrogen (secondary N) is 1. The maximum atomic E-state index is 12.4. The summed E-state index contributed by atoms with van der Waals surface area (Å²) in [6.07, 6.45) is 8.27. The molecule has 3 fully saturated rings. The average molecular weight is 323 g/mol. The van der Waals surface area contributed by atoms with Crippen LogP contribution in [0.5, 0.6) is 0 Å². The fraction of sp³-hybridized carbons (Fsp3) is 0.944. The van der Waals surface area contributed by atoms with Crippen LogP contribution < -0.4 is 5.32 Å². The number of aliphatic hydroxyl groups excluding tert-OH is 1. The molecule has 5 heteroatoms. The van der Waals surface area contributed by atoms with Crippen molar-refractivity contribution >= 4 is 6.03 Å². The van der Waals surface area contributed by atoms with Crippen LogP contribution in [0.3, 0.4) is 0 Å². The Morgan fingerprint density at radius 3 is 2.48 bits per heavy atom. The van der Waals surface area contributed by atoms with Gasteiger partial charge in [-0.1, -0.05) is 12.8 Å². The summed E-state index contributed by atoms with van der Waals surface area (Å²) in [5.74, 6) is 1.25. The number of rotatable bonds is 4. The number of likely N-dealkylation sites (tertiary alicyclic amines) is 2. The van der Waals surface area contributed by atoms with E-state index in [4.69, 9.17) is 0 Å². The minimum Gasteiger partial charge on any atom is -0.393 e. The van der Waals surface area contributed by atoms with Gasteiger partial charge in [-0.2, -0.15) is 0 Å². The first-order chi connectivity index (χ1) is 11.1. The Balaban J connectivity index is 1.37. The van der Waals surface area contributed by atoms with Crippen LogP contribution in [-0.2, 0) is 0 Å². The van der Waals surface area contributed by atoms with Gasteiger partial charge < -0.3 is 20.2 Å². The molecule has 2 saturated heterocycles. The zero-order chi connectivity index (χ0) is 16.2. The highest BCUT2D eigenvalue weighted by molar-refractivity contribution is 5.74. The lowest BCUT2D eigenvalue weighted by atomic mass is 9.92. The molecule has 0 aromatic rings. The Hall–Kier alpha value is -0.810. The first-order valence-electron chi connectivity index (χ1n) is 9.57. The van der Waals surface area contributed by atoms with Crippen molar-refractivity contribution in [3.8, 4) is 0 Å². The second kappa shape index (κ2) is 7.84. The molecule has 2 heterocycles. The topological polar surface area (TPSA) is 55.8 Å². The summed E-state index contributed by atoms with van der Waals surface area (Å²) in [4.78, 5) is 16.9. The second-order valence-electron chi connectivity index (χ2n) is 7.91. The molecule has 0 aromatic carbocycles. The molecule has 23 heavy (non-hydrogen) atoms. The molecule has 132 valence electrons. The third-order valence-corrected chi connectivity index (χ3v) is 6.10. The minimum atomic E-state index is -0.251. The van der Waals surface area contributed by atoms with Crippen molar-refractivity contribution in [1.82, 2.24) is 15.1 Å². The molecule has 0 bridgehead atoms. The first kappa shape index (κ1) is 17.0. The van der Waals surface area contributed by atoms with Gasteiger partial charge in [-0.15, -0.1) is 0 Å². The fourth-order valence-corrected chi connectivity index (χ4v) is 4.53. The fourth-order valence-electron chi connectivity index (χ4n) is 4.53. The summed E-state index contributed by atoms with van der Waals surface area (Å²) in [6.45, 7) is 6.79. The molecule has 2 amide bonds. The molecule has 0 aromatic heterocycles. The maximum absolute atomic E-state index is 12.4. The van der Waals surface area contributed by atoms with E-state index in [2.05, 4.69) is 10.2 Å². The third kappa shape index (κ3) is 4.60. The lowest BCUT2D eigenvalue weighted by Gasteiger charge is -2.34. The lowest BCUT2D eigenvalue weighted by molar-refractivity contribution is 0.0793. The minimum absolute atomic E-state index is 0.0989. The predicted molar refractivity (Wildman–Crippen MR) is 91.3 cm³/mol. The van der Waals surface area contributed by atoms with Crippen LogP contribution in [0.2, 0.25) is 0 Å². The van der Waals surface area contributed by atoms with Gasteiger partial charge in [0.25, 0.3) is 0 Å². The highest BCUT2D eigenvalue weighted by atomic mass is 16.3. The highest BCUT2D eigenvalue weighted by Crippen LogP contribution is 2.27. The number of carbonyl (C=O) groups excluding carboxylic acids is 1. The third-order valence-electron chi connectivity index (χ3n) is 6.10. The van der Waals surface area contributed by atoms with Gasteiger partial charge in [0, 0.05) is 38.8 Å². The van der Waals surface area contributed by atoms with Gasteiger partial charge in [0.1, 0.15) is 0 Å². The largest absolute Gasteiger partial charge is 0.393 e. The Kier molecular flexibility index (Phi) is 5.81. The van der Waals surface area contributed by atoms with E-state index in [1.807, 2.05) is 11.8 Å². The molecule has 2 atom stereocenters. The van der Waals surface area contributed by atoms with Crippen LogP contribution in [0.1, 0.15) is 51.9 Å². The van der Waals surface area contributed by atoms with E-state index in [1.165, 1.54) is 32.2 Å². The quantitative estimate of drug-likeness (QED) is 0.832. The highest BCUT2D eigenvalue weighted by Gasteiger charge is 2.30. The lowest BCUT2D eigenvalue weighted by Crippen LogP contribution is -2.49. The van der Waals surface area contributed by atoms with Crippen molar-refractivity contribution in [2.75, 3.05) is 32.7 Å². The second-order valence-corrected chi connectivity index (χ2v) is 7.91. The van der Waals surface area contributed by atoms with Crippen LogP contribution in [0.25, 0.3) is 0 Å². The molecule has 5 nitrogen and oxygen atoms in total. The van der Waals surface area contributed by atoms with Gasteiger partial charge in [0.2, 0.25) is 0 Å². The van der Waals surface area contributed by atoms with Crippen LogP contribution >= 0.6 is 0 Å². The number of aliphatic hydroxyl groups is 1. The molecule has 1 saturated carbocycles. The maximum Gasteiger partial charge on any atom is 0.317 e. The van der Waals surface area contributed by atoms with Crippen molar-refractivity contribution in [1.29, 1.82) is 0 Å². The van der Waals surface area contributed by atoms with E-state index in [0.717, 1.165) is 51.4 Å². The summed E-state index contributed by atoms with van der Waals surface area (Å²) in [5.41, 5.74) is 0. The smallest absolute Gasteiger partial charge is 0.317 e. The van der Waals surface area contributed by atoms with E-state index in [-0.39, 0.29) is 12.1 Å². The first-order valence-corrected chi connectivity index (χ1v) is 9.57. The standard InChI is InChI=1S/C18H33N3O2/c1-14(22)16-6-10-21(11-7-16)18(23)19-17-8-9-20(13-17)12-15-4-2-3-5-15/h14-17,22H,2-13H2,1H3,(H,19,23). The number of hydrogen-bond acceptors (Lipinski definition) is 3. The summed E-state index contributed by atoms with van der Waals surface area (Å²) in [6, 6.07) is 0.417. The predicted octanol–water partition coefficient (Wildman–Crippen LogP) is 2.05. The molecule has 2 unspecified atom stereocenters. The Morgan fingerprint density at radius 2 is 1.83 bits per heavy atom. The number of urea groups is 1. The molecule has 2 aliphatic heterocycles. The van der Waals surface area contributed by atoms with Crippen molar-refractivity contribution in [2.45, 2.75) is 64.0 Å². The summed E-state index contributed by atoms with van der Waals surface area (Å²) >= 11 is 0. The monoisotopic (exact) mass is 323 g/mol. The van der Waals surface area contributed by atoms with Gasteiger partial charge in [0.15, 0.2) is 0 Å². The van der Waals surface area contributed by atoms with E-state index in [1.54, 1.807) is 0 Å². The Bertz CT molecular complexity index is 388. The van der Waals surface area contributed by atoms with Gasteiger partial charge in [-0.05, 0) is 50.9 Å². The average Bonchev–Trinajstić information content (AvgIpc) is 3.20. The number of piperidine rings is 1. The van der Waals surface area contributed by atoms with Gasteiger partial charge in [0.05, 0.1) is 6.10 Å². The molecule has 3 rings (SSSR count). The number of hydrogen-bond donors (Lipinski definition) is 2. The molecule has 0 spiro atoms. The van der Waals surface area contributed by atoms with Crippen LogP contribution in [0, 0.1) is 11.8 Å². The van der Waals surface area contributed by atoms with Crippen molar-refractivity contribution in [3.05, 3.63) is 0 Å². The van der Waals surface area contributed by atoms with Crippen molar-refractivity contribution in [2.24, 2.45) is 11.8 Å². The van der Waals surface area contributed by atoms with E-state index in [9.17, 15) is 9.90 Å². The van der Waals surface area contributed by atoms with E-state index in [0.29, 0.717) is 12.0 Å². The van der Waals surface area contributed by atoms with Crippen LogP contribution in [0.4, 0.5) is 4.79 Å². The number of nitrogens with zero attached hydrogens (tertiary/aromatic N) is 2. The van der Waals surface area contributed by atoms with E-state index < -0.39 is 0 Å². The molecular weight excluding hydrogens is 290 g/mol. The van der Waals surface area contributed by atoms with E-state index >= 15 is 0 Å². The number of carbonyl (C=O) groups is 1. The number of amides is 2. The molecule has 2 N–H and O–H groups in total. The van der Waals surface area contributed by atoms with Crippen molar-refractivity contribution in [3.63, 3.8) is 0 Å². The van der Waals surface area contributed by atoms with Crippen LogP contribution in [-0.4, -0.2) is 65.8 Å². The molecular formula is C18H33N3O2. The SMILES string of the molecule is CC(O)C1CCN(C(=O)NC2CCN(CC3CCCC3)C2)CC1. The Labute approximate surface area is 140 Å². The normalized spacial score (nSPS) is 29.1. The summed E-state index contributed by atoms with van der Waals surface area (Å²) in [5, 5.41) is 12.9. The summed E-state index contributed by atoms with van der Waals surface area (Å²) in [7, 11) is 0. The molecule has 3 aliphatic rings. The molecule has 0 radical (unpaired) electrons. The zero-order valence-electron chi connectivity index (χ0n) is 14.5. The Morgan fingerprint density at radius 1 is 1.13 bits per heavy atom. The zero-order valence-corrected chi connectivity index (χ0v) is 14.5.